The standard InChI is InChI=1S/C19H28N4.HI/c1-14-6-5-7-16-15(12-22-17(14)16)8-10-21-18(20-4)23-11-9-19(2,3)13-23;/h5-7,12,22H,8-11,13H2,1-4H3,(H,20,21);1H. The average Bonchev–Trinajstić information content (AvgIpc) is 3.08. The molecule has 0 radical (unpaired) electrons. The molecule has 1 aromatic heterocycles. The fourth-order valence-corrected chi connectivity index (χ4v) is 3.51. The Kier molecular flexibility index (Phi) is 6.17. The van der Waals surface area contributed by atoms with Crippen molar-refractivity contribution in [1.29, 1.82) is 0 Å². The number of para-hydroxylation sites is 1. The van der Waals surface area contributed by atoms with Crippen molar-refractivity contribution in [2.24, 2.45) is 10.4 Å². The third-order valence-electron chi connectivity index (χ3n) is 4.88. The van der Waals surface area contributed by atoms with Crippen LogP contribution in [-0.2, 0) is 6.42 Å². The number of aromatic amines is 1. The van der Waals surface area contributed by atoms with E-state index in [2.05, 4.69) is 65.4 Å². The highest BCUT2D eigenvalue weighted by Gasteiger charge is 2.30. The second-order valence-electron chi connectivity index (χ2n) is 7.37. The number of aliphatic imine (C=N–C) groups is 1. The molecule has 1 aliphatic rings. The van der Waals surface area contributed by atoms with Gasteiger partial charge in [0.1, 0.15) is 0 Å². The molecule has 2 heterocycles. The van der Waals surface area contributed by atoms with Crippen LogP contribution in [0.2, 0.25) is 0 Å². The molecule has 0 aliphatic carbocycles. The van der Waals surface area contributed by atoms with E-state index in [4.69, 9.17) is 0 Å². The maximum atomic E-state index is 4.45. The number of hydrogen-bond donors (Lipinski definition) is 2. The molecule has 0 atom stereocenters. The first-order valence-electron chi connectivity index (χ1n) is 8.51. The summed E-state index contributed by atoms with van der Waals surface area (Å²) in [6.45, 7) is 9.89. The number of guanidine groups is 1. The van der Waals surface area contributed by atoms with E-state index in [0.717, 1.165) is 32.0 Å². The van der Waals surface area contributed by atoms with Crippen LogP contribution >= 0.6 is 24.0 Å². The Bertz CT molecular complexity index is 717. The molecule has 4 nitrogen and oxygen atoms in total. The number of nitrogens with zero attached hydrogens (tertiary/aromatic N) is 2. The number of aromatic nitrogens is 1. The number of aryl methyl sites for hydroxylation is 1. The molecule has 0 spiro atoms. The molecule has 0 unspecified atom stereocenters. The number of likely N-dealkylation sites (tertiary alicyclic amines) is 1. The Morgan fingerprint density at radius 2 is 2.17 bits per heavy atom. The monoisotopic (exact) mass is 440 g/mol. The van der Waals surface area contributed by atoms with Crippen LogP contribution < -0.4 is 5.32 Å². The van der Waals surface area contributed by atoms with Crippen LogP contribution in [0.4, 0.5) is 0 Å². The van der Waals surface area contributed by atoms with Crippen LogP contribution in [0.5, 0.6) is 0 Å². The van der Waals surface area contributed by atoms with E-state index in [-0.39, 0.29) is 24.0 Å². The number of benzene rings is 1. The van der Waals surface area contributed by atoms with Crippen LogP contribution in [0.1, 0.15) is 31.4 Å². The van der Waals surface area contributed by atoms with Crippen LogP contribution in [0.25, 0.3) is 10.9 Å². The number of fused-ring (bicyclic) bond motifs is 1. The van der Waals surface area contributed by atoms with Gasteiger partial charge in [-0.1, -0.05) is 32.0 Å². The van der Waals surface area contributed by atoms with Crippen molar-refractivity contribution in [3.05, 3.63) is 35.5 Å². The van der Waals surface area contributed by atoms with Gasteiger partial charge in [0.05, 0.1) is 0 Å². The fourth-order valence-electron chi connectivity index (χ4n) is 3.51. The van der Waals surface area contributed by atoms with Gasteiger partial charge in [0.2, 0.25) is 0 Å². The highest BCUT2D eigenvalue weighted by molar-refractivity contribution is 14.0. The first-order chi connectivity index (χ1) is 11.0. The van der Waals surface area contributed by atoms with E-state index in [1.807, 2.05) is 7.05 Å². The maximum absolute atomic E-state index is 4.45. The number of hydrogen-bond acceptors (Lipinski definition) is 1. The van der Waals surface area contributed by atoms with Crippen molar-refractivity contribution in [2.45, 2.75) is 33.6 Å². The zero-order valence-corrected chi connectivity index (χ0v) is 17.5. The summed E-state index contributed by atoms with van der Waals surface area (Å²) in [6.07, 6.45) is 4.37. The molecule has 0 amide bonds. The molecule has 24 heavy (non-hydrogen) atoms. The van der Waals surface area contributed by atoms with Gasteiger partial charge in [-0.05, 0) is 36.3 Å². The van der Waals surface area contributed by atoms with E-state index in [1.165, 1.54) is 28.5 Å². The number of halogens is 1. The van der Waals surface area contributed by atoms with E-state index >= 15 is 0 Å². The van der Waals surface area contributed by atoms with Crippen molar-refractivity contribution < 1.29 is 0 Å². The molecular weight excluding hydrogens is 411 g/mol. The highest BCUT2D eigenvalue weighted by atomic mass is 127. The number of rotatable bonds is 3. The smallest absolute Gasteiger partial charge is 0.193 e. The lowest BCUT2D eigenvalue weighted by atomic mass is 9.93. The molecule has 1 saturated heterocycles. The molecule has 0 saturated carbocycles. The minimum atomic E-state index is 0. The van der Waals surface area contributed by atoms with E-state index in [9.17, 15) is 0 Å². The van der Waals surface area contributed by atoms with Gasteiger partial charge in [-0.25, -0.2) is 0 Å². The van der Waals surface area contributed by atoms with Crippen molar-refractivity contribution in [2.75, 3.05) is 26.7 Å². The van der Waals surface area contributed by atoms with Crippen molar-refractivity contribution in [3.8, 4) is 0 Å². The largest absolute Gasteiger partial charge is 0.361 e. The predicted molar refractivity (Wildman–Crippen MR) is 113 cm³/mol. The van der Waals surface area contributed by atoms with E-state index in [1.54, 1.807) is 0 Å². The molecule has 0 bridgehead atoms. The van der Waals surface area contributed by atoms with Crippen molar-refractivity contribution in [3.63, 3.8) is 0 Å². The second kappa shape index (κ2) is 7.76. The molecule has 1 aliphatic heterocycles. The average molecular weight is 440 g/mol. The summed E-state index contributed by atoms with van der Waals surface area (Å²) in [7, 11) is 1.88. The number of H-pyrrole nitrogens is 1. The molecular formula is C19H29IN4. The van der Waals surface area contributed by atoms with Gasteiger partial charge in [-0.3, -0.25) is 4.99 Å². The Balaban J connectivity index is 0.00000208. The van der Waals surface area contributed by atoms with Crippen LogP contribution in [0, 0.1) is 12.3 Å². The van der Waals surface area contributed by atoms with Gasteiger partial charge >= 0.3 is 0 Å². The second-order valence-corrected chi connectivity index (χ2v) is 7.37. The van der Waals surface area contributed by atoms with Crippen molar-refractivity contribution in [1.82, 2.24) is 15.2 Å². The molecule has 2 N–H and O–H groups in total. The summed E-state index contributed by atoms with van der Waals surface area (Å²) in [5, 5.41) is 4.87. The zero-order valence-electron chi connectivity index (χ0n) is 15.1. The van der Waals surface area contributed by atoms with Gasteiger partial charge in [-0.2, -0.15) is 0 Å². The molecule has 3 rings (SSSR count). The quantitative estimate of drug-likeness (QED) is 0.432. The summed E-state index contributed by atoms with van der Waals surface area (Å²) < 4.78 is 0. The van der Waals surface area contributed by atoms with Gasteiger partial charge in [-0.15, -0.1) is 24.0 Å². The normalized spacial score (nSPS) is 17.2. The summed E-state index contributed by atoms with van der Waals surface area (Å²) in [4.78, 5) is 10.2. The first-order valence-corrected chi connectivity index (χ1v) is 8.51. The number of nitrogens with one attached hydrogen (secondary N) is 2. The molecule has 132 valence electrons. The summed E-state index contributed by atoms with van der Waals surface area (Å²) in [5.41, 5.74) is 4.32. The Morgan fingerprint density at radius 3 is 2.83 bits per heavy atom. The Labute approximate surface area is 162 Å². The molecule has 1 aromatic carbocycles. The Morgan fingerprint density at radius 1 is 1.38 bits per heavy atom. The molecule has 5 heteroatoms. The van der Waals surface area contributed by atoms with Gasteiger partial charge in [0.15, 0.2) is 5.96 Å². The SMILES string of the molecule is CN=C(NCCc1c[nH]c2c(C)cccc12)N1CCC(C)(C)C1.I. The lowest BCUT2D eigenvalue weighted by Crippen LogP contribution is -2.41. The molecule has 1 fully saturated rings. The summed E-state index contributed by atoms with van der Waals surface area (Å²) in [6, 6.07) is 6.48. The third-order valence-corrected chi connectivity index (χ3v) is 4.88. The highest BCUT2D eigenvalue weighted by Crippen LogP contribution is 2.28. The van der Waals surface area contributed by atoms with E-state index in [0.29, 0.717) is 5.41 Å². The van der Waals surface area contributed by atoms with Crippen LogP contribution in [-0.4, -0.2) is 42.5 Å². The summed E-state index contributed by atoms with van der Waals surface area (Å²) in [5.74, 6) is 1.03. The third kappa shape index (κ3) is 4.05. The van der Waals surface area contributed by atoms with E-state index < -0.39 is 0 Å². The van der Waals surface area contributed by atoms with Crippen molar-refractivity contribution >= 4 is 40.8 Å². The Hall–Kier alpha value is -1.24. The fraction of sp³-hybridized carbons (Fsp3) is 0.526. The first kappa shape index (κ1) is 19.1. The zero-order chi connectivity index (χ0) is 16.4. The van der Waals surface area contributed by atoms with Crippen LogP contribution in [0.15, 0.2) is 29.4 Å². The molecule has 2 aromatic rings. The minimum absolute atomic E-state index is 0. The summed E-state index contributed by atoms with van der Waals surface area (Å²) >= 11 is 0. The maximum Gasteiger partial charge on any atom is 0.193 e. The van der Waals surface area contributed by atoms with Gasteiger partial charge in [0.25, 0.3) is 0 Å². The van der Waals surface area contributed by atoms with Gasteiger partial charge in [0, 0.05) is 43.8 Å². The van der Waals surface area contributed by atoms with Crippen LogP contribution in [0.3, 0.4) is 0 Å². The lowest BCUT2D eigenvalue weighted by molar-refractivity contribution is 0.370. The predicted octanol–water partition coefficient (Wildman–Crippen LogP) is 3.94. The van der Waals surface area contributed by atoms with Gasteiger partial charge < -0.3 is 15.2 Å². The minimum Gasteiger partial charge on any atom is -0.361 e. The topological polar surface area (TPSA) is 43.4 Å². The lowest BCUT2D eigenvalue weighted by Gasteiger charge is -2.23.